The van der Waals surface area contributed by atoms with Gasteiger partial charge in [-0.3, -0.25) is 10.1 Å². The normalized spacial score (nSPS) is 24.8. The molecule has 1 N–H and O–H groups in total. The molecule has 1 aromatic heterocycles. The summed E-state index contributed by atoms with van der Waals surface area (Å²) in [5, 5.41) is 2.27. The lowest BCUT2D eigenvalue weighted by atomic mass is 9.89. The van der Waals surface area contributed by atoms with Gasteiger partial charge in [-0.15, -0.1) is 0 Å². The number of aryl methyl sites for hydroxylation is 1. The maximum absolute atomic E-state index is 11.6. The monoisotopic (exact) mass is 234 g/mol. The van der Waals surface area contributed by atoms with Crippen LogP contribution in [0.15, 0.2) is 12.3 Å². The number of aromatic nitrogens is 2. The summed E-state index contributed by atoms with van der Waals surface area (Å²) in [7, 11) is 1.65. The molecule has 0 radical (unpaired) electrons. The third-order valence-corrected chi connectivity index (χ3v) is 3.12. The van der Waals surface area contributed by atoms with Crippen molar-refractivity contribution in [2.24, 2.45) is 0 Å². The van der Waals surface area contributed by atoms with Crippen LogP contribution >= 0.6 is 0 Å². The first-order valence-corrected chi connectivity index (χ1v) is 5.31. The third kappa shape index (κ3) is 1.86. The standard InChI is InChI=1S/C11H14N4O2/c1-7-12-5-4-8(13-7)11(2)6-9(16)14-10(17)15(11)3/h4-5H,6H2,1-3H3,(H,14,16,17). The minimum Gasteiger partial charge on any atom is -0.316 e. The van der Waals surface area contributed by atoms with Gasteiger partial charge >= 0.3 is 6.03 Å². The fourth-order valence-electron chi connectivity index (χ4n) is 1.92. The molecular formula is C11H14N4O2. The van der Waals surface area contributed by atoms with Crippen LogP contribution in [0.5, 0.6) is 0 Å². The van der Waals surface area contributed by atoms with Gasteiger partial charge in [0.25, 0.3) is 0 Å². The van der Waals surface area contributed by atoms with E-state index in [1.165, 1.54) is 4.90 Å². The zero-order valence-corrected chi connectivity index (χ0v) is 10.0. The van der Waals surface area contributed by atoms with Crippen LogP contribution in [0.25, 0.3) is 0 Å². The van der Waals surface area contributed by atoms with Crippen molar-refractivity contribution in [3.63, 3.8) is 0 Å². The van der Waals surface area contributed by atoms with E-state index in [0.717, 1.165) is 0 Å². The summed E-state index contributed by atoms with van der Waals surface area (Å²) in [5.74, 6) is 0.336. The number of hydrogen-bond donors (Lipinski definition) is 1. The van der Waals surface area contributed by atoms with E-state index >= 15 is 0 Å². The Morgan fingerprint density at radius 2 is 2.18 bits per heavy atom. The van der Waals surface area contributed by atoms with Crippen LogP contribution in [0.2, 0.25) is 0 Å². The van der Waals surface area contributed by atoms with Crippen LogP contribution in [0, 0.1) is 6.92 Å². The largest absolute Gasteiger partial charge is 0.324 e. The maximum atomic E-state index is 11.6. The van der Waals surface area contributed by atoms with Crippen LogP contribution in [0.4, 0.5) is 4.79 Å². The van der Waals surface area contributed by atoms with Crippen molar-refractivity contribution in [1.82, 2.24) is 20.2 Å². The Morgan fingerprint density at radius 1 is 1.47 bits per heavy atom. The second kappa shape index (κ2) is 3.80. The first-order valence-electron chi connectivity index (χ1n) is 5.31. The van der Waals surface area contributed by atoms with E-state index in [9.17, 15) is 9.59 Å². The quantitative estimate of drug-likeness (QED) is 0.771. The number of urea groups is 1. The lowest BCUT2D eigenvalue weighted by molar-refractivity contribution is -0.124. The first-order chi connectivity index (χ1) is 7.93. The van der Waals surface area contributed by atoms with Gasteiger partial charge in [0.05, 0.1) is 17.7 Å². The second-order valence-electron chi connectivity index (χ2n) is 4.35. The number of hydrogen-bond acceptors (Lipinski definition) is 4. The summed E-state index contributed by atoms with van der Waals surface area (Å²) in [5.41, 5.74) is -0.0386. The van der Waals surface area contributed by atoms with Crippen molar-refractivity contribution >= 4 is 11.9 Å². The minimum absolute atomic E-state index is 0.200. The van der Waals surface area contributed by atoms with Gasteiger partial charge in [-0.25, -0.2) is 14.8 Å². The number of imide groups is 1. The number of amides is 3. The van der Waals surface area contributed by atoms with Gasteiger partial charge < -0.3 is 4.90 Å². The van der Waals surface area contributed by atoms with Crippen molar-refractivity contribution in [3.05, 3.63) is 23.8 Å². The fraction of sp³-hybridized carbons (Fsp3) is 0.455. The Hall–Kier alpha value is -1.98. The molecule has 90 valence electrons. The smallest absolute Gasteiger partial charge is 0.316 e. The van der Waals surface area contributed by atoms with Gasteiger partial charge in [-0.1, -0.05) is 0 Å². The van der Waals surface area contributed by atoms with Crippen LogP contribution in [-0.2, 0) is 10.3 Å². The molecule has 1 aromatic rings. The average Bonchev–Trinajstić information content (AvgIpc) is 2.26. The molecule has 1 fully saturated rings. The summed E-state index contributed by atoms with van der Waals surface area (Å²) in [6.45, 7) is 3.60. The molecule has 0 bridgehead atoms. The van der Waals surface area contributed by atoms with Crippen molar-refractivity contribution in [3.8, 4) is 0 Å². The Balaban J connectivity index is 2.46. The predicted octanol–water partition coefficient (Wildman–Crippen LogP) is 0.572. The van der Waals surface area contributed by atoms with Gasteiger partial charge in [-0.2, -0.15) is 0 Å². The molecule has 1 aliphatic heterocycles. The lowest BCUT2D eigenvalue weighted by Crippen LogP contribution is -2.58. The van der Waals surface area contributed by atoms with E-state index in [-0.39, 0.29) is 12.3 Å². The molecule has 17 heavy (non-hydrogen) atoms. The summed E-state index contributed by atoms with van der Waals surface area (Å²) in [6, 6.07) is 1.33. The van der Waals surface area contributed by atoms with E-state index in [1.54, 1.807) is 26.2 Å². The van der Waals surface area contributed by atoms with E-state index in [2.05, 4.69) is 15.3 Å². The number of nitrogens with zero attached hydrogens (tertiary/aromatic N) is 3. The molecule has 0 saturated carbocycles. The van der Waals surface area contributed by atoms with Gasteiger partial charge in [0.1, 0.15) is 5.82 Å². The molecule has 6 nitrogen and oxygen atoms in total. The Labute approximate surface area is 99.1 Å². The molecule has 1 aliphatic rings. The zero-order chi connectivity index (χ0) is 12.6. The fourth-order valence-corrected chi connectivity index (χ4v) is 1.92. The maximum Gasteiger partial charge on any atom is 0.324 e. The van der Waals surface area contributed by atoms with Crippen molar-refractivity contribution in [1.29, 1.82) is 0 Å². The minimum atomic E-state index is -0.715. The summed E-state index contributed by atoms with van der Waals surface area (Å²) in [6.07, 6.45) is 1.83. The van der Waals surface area contributed by atoms with Crippen LogP contribution < -0.4 is 5.32 Å². The molecule has 2 rings (SSSR count). The molecule has 1 saturated heterocycles. The number of rotatable bonds is 1. The topological polar surface area (TPSA) is 75.2 Å². The first kappa shape index (κ1) is 11.5. The van der Waals surface area contributed by atoms with Gasteiger partial charge in [0, 0.05) is 13.2 Å². The third-order valence-electron chi connectivity index (χ3n) is 3.12. The number of carbonyl (C=O) groups is 2. The SMILES string of the molecule is Cc1nccc(C2(C)CC(=O)NC(=O)N2C)n1. The van der Waals surface area contributed by atoms with E-state index < -0.39 is 11.6 Å². The molecule has 1 unspecified atom stereocenters. The van der Waals surface area contributed by atoms with Gasteiger partial charge in [-0.05, 0) is 19.9 Å². The molecular weight excluding hydrogens is 220 g/mol. The van der Waals surface area contributed by atoms with E-state index in [4.69, 9.17) is 0 Å². The lowest BCUT2D eigenvalue weighted by Gasteiger charge is -2.41. The molecule has 1 atom stereocenters. The summed E-state index contributed by atoms with van der Waals surface area (Å²) >= 11 is 0. The van der Waals surface area contributed by atoms with Crippen molar-refractivity contribution in [2.75, 3.05) is 7.05 Å². The highest BCUT2D eigenvalue weighted by atomic mass is 16.2. The van der Waals surface area contributed by atoms with E-state index in [1.807, 2.05) is 6.92 Å². The van der Waals surface area contributed by atoms with Crippen LogP contribution in [-0.4, -0.2) is 33.9 Å². The Kier molecular flexibility index (Phi) is 2.57. The summed E-state index contributed by atoms with van der Waals surface area (Å²) < 4.78 is 0. The predicted molar refractivity (Wildman–Crippen MR) is 60.0 cm³/mol. The second-order valence-corrected chi connectivity index (χ2v) is 4.35. The number of nitrogens with one attached hydrogen (secondary N) is 1. The van der Waals surface area contributed by atoms with Crippen LogP contribution in [0.3, 0.4) is 0 Å². The highest BCUT2D eigenvalue weighted by Gasteiger charge is 2.42. The average molecular weight is 234 g/mol. The molecule has 3 amide bonds. The van der Waals surface area contributed by atoms with Gasteiger partial charge in [0.15, 0.2) is 0 Å². The highest BCUT2D eigenvalue weighted by Crippen LogP contribution is 2.31. The highest BCUT2D eigenvalue weighted by molar-refractivity contribution is 5.97. The Bertz CT molecular complexity index is 488. The molecule has 0 aliphatic carbocycles. The molecule has 2 heterocycles. The molecule has 0 spiro atoms. The molecule has 0 aromatic carbocycles. The van der Waals surface area contributed by atoms with Crippen molar-refractivity contribution in [2.45, 2.75) is 25.8 Å². The zero-order valence-electron chi connectivity index (χ0n) is 10.0. The summed E-state index contributed by atoms with van der Waals surface area (Å²) in [4.78, 5) is 32.9. The van der Waals surface area contributed by atoms with Gasteiger partial charge in [0.2, 0.25) is 5.91 Å². The van der Waals surface area contributed by atoms with E-state index in [0.29, 0.717) is 11.5 Å². The van der Waals surface area contributed by atoms with Crippen LogP contribution in [0.1, 0.15) is 24.9 Å². The number of carbonyl (C=O) groups excluding carboxylic acids is 2. The Morgan fingerprint density at radius 3 is 2.82 bits per heavy atom. The molecule has 6 heteroatoms. The van der Waals surface area contributed by atoms with Crippen molar-refractivity contribution < 1.29 is 9.59 Å².